The summed E-state index contributed by atoms with van der Waals surface area (Å²) >= 11 is 6.06. The maximum absolute atomic E-state index is 11.5. The number of ketones is 1. The number of hydrogen-bond acceptors (Lipinski definition) is 2. The van der Waals surface area contributed by atoms with Crippen molar-refractivity contribution in [2.45, 2.75) is 69.6 Å². The third kappa shape index (κ3) is 3.57. The first-order valence-corrected chi connectivity index (χ1v) is 9.30. The van der Waals surface area contributed by atoms with E-state index in [1.165, 1.54) is 0 Å². The molecule has 0 N–H and O–H groups in total. The smallest absolute Gasteiger partial charge is 0.192 e. The molecule has 1 rings (SSSR count). The first-order chi connectivity index (χ1) is 7.12. The quantitative estimate of drug-likeness (QED) is 0.560. The highest BCUT2D eigenvalue weighted by atomic mass is 35.5. The molecule has 1 aliphatic rings. The van der Waals surface area contributed by atoms with Crippen LogP contribution in [0.3, 0.4) is 0 Å². The molecule has 1 saturated carbocycles. The molecule has 0 radical (unpaired) electrons. The molecule has 1 unspecified atom stereocenters. The van der Waals surface area contributed by atoms with Crippen molar-refractivity contribution < 1.29 is 9.22 Å². The average molecular weight is 263 g/mol. The van der Waals surface area contributed by atoms with Crippen LogP contribution in [0.25, 0.3) is 0 Å². The van der Waals surface area contributed by atoms with Gasteiger partial charge in [-0.2, -0.15) is 0 Å². The van der Waals surface area contributed by atoms with Gasteiger partial charge in [-0.05, 0) is 24.6 Å². The van der Waals surface area contributed by atoms with E-state index in [9.17, 15) is 4.79 Å². The van der Waals surface area contributed by atoms with Crippen molar-refractivity contribution in [2.24, 2.45) is 0 Å². The first-order valence-electron chi connectivity index (χ1n) is 5.95. The van der Waals surface area contributed by atoms with E-state index in [0.29, 0.717) is 12.8 Å². The Hall–Kier alpha value is 0.137. The molecule has 0 aromatic rings. The highest BCUT2D eigenvalue weighted by Crippen LogP contribution is 2.39. The lowest BCUT2D eigenvalue weighted by molar-refractivity contribution is -0.122. The van der Waals surface area contributed by atoms with E-state index in [0.717, 1.165) is 6.42 Å². The molecule has 0 heterocycles. The molecule has 1 aliphatic carbocycles. The molecular weight excluding hydrogens is 240 g/mol. The number of carbonyl (C=O) groups excluding carboxylic acids is 1. The van der Waals surface area contributed by atoms with E-state index < -0.39 is 8.32 Å². The van der Waals surface area contributed by atoms with Gasteiger partial charge in [0.25, 0.3) is 0 Å². The molecule has 0 aromatic heterocycles. The summed E-state index contributed by atoms with van der Waals surface area (Å²) in [6.45, 7) is 11.1. The fraction of sp³-hybridized carbons (Fsp3) is 0.917. The van der Waals surface area contributed by atoms with E-state index in [2.05, 4.69) is 33.9 Å². The molecule has 0 aromatic carbocycles. The first kappa shape index (κ1) is 14.2. The van der Waals surface area contributed by atoms with Gasteiger partial charge in [0.15, 0.2) is 8.32 Å². The summed E-state index contributed by atoms with van der Waals surface area (Å²) < 4.78 is 6.22. The second kappa shape index (κ2) is 4.79. The molecular formula is C12H23ClO2Si. The maximum atomic E-state index is 11.5. The Kier molecular flexibility index (Phi) is 4.25. The summed E-state index contributed by atoms with van der Waals surface area (Å²) in [5.41, 5.74) is 0. The molecule has 0 bridgehead atoms. The second-order valence-corrected chi connectivity index (χ2v) is 11.7. The predicted molar refractivity (Wildman–Crippen MR) is 70.6 cm³/mol. The number of Topliss-reactive ketones (excluding diaryl/α,β-unsaturated/α-hetero) is 1. The van der Waals surface area contributed by atoms with Crippen molar-refractivity contribution in [1.29, 1.82) is 0 Å². The Labute approximate surface area is 105 Å². The van der Waals surface area contributed by atoms with Crippen LogP contribution in [0.4, 0.5) is 0 Å². The van der Waals surface area contributed by atoms with Crippen molar-refractivity contribution in [2.75, 3.05) is 0 Å². The van der Waals surface area contributed by atoms with Gasteiger partial charge in [0.05, 0.1) is 6.10 Å². The zero-order valence-electron chi connectivity index (χ0n) is 11.0. The highest BCUT2D eigenvalue weighted by molar-refractivity contribution is 6.74. The van der Waals surface area contributed by atoms with Crippen LogP contribution in [0, 0.1) is 0 Å². The van der Waals surface area contributed by atoms with Gasteiger partial charge in [-0.25, -0.2) is 0 Å². The number of rotatable bonds is 2. The summed E-state index contributed by atoms with van der Waals surface area (Å²) in [7, 11) is -1.76. The van der Waals surface area contributed by atoms with E-state index in [-0.39, 0.29) is 22.3 Å². The molecule has 1 fully saturated rings. The molecule has 0 saturated heterocycles. The summed E-state index contributed by atoms with van der Waals surface area (Å²) in [4.78, 5) is 11.5. The fourth-order valence-electron chi connectivity index (χ4n) is 1.72. The van der Waals surface area contributed by atoms with Crippen LogP contribution in [-0.2, 0) is 9.22 Å². The van der Waals surface area contributed by atoms with Crippen LogP contribution >= 0.6 is 11.6 Å². The summed E-state index contributed by atoms with van der Waals surface area (Å²) in [5.74, 6) is 0.245. The lowest BCUT2D eigenvalue weighted by atomic mass is 9.96. The fourth-order valence-corrected chi connectivity index (χ4v) is 3.46. The zero-order chi connectivity index (χ0) is 12.6. The van der Waals surface area contributed by atoms with Gasteiger partial charge < -0.3 is 4.43 Å². The molecule has 2 nitrogen and oxygen atoms in total. The summed E-state index contributed by atoms with van der Waals surface area (Å²) in [6.07, 6.45) is 1.93. The zero-order valence-corrected chi connectivity index (χ0v) is 12.7. The Morgan fingerprint density at radius 1 is 1.31 bits per heavy atom. The molecule has 2 atom stereocenters. The molecule has 4 heteroatoms. The van der Waals surface area contributed by atoms with Crippen molar-refractivity contribution >= 4 is 25.7 Å². The minimum Gasteiger partial charge on any atom is -0.413 e. The van der Waals surface area contributed by atoms with Crippen molar-refractivity contribution in [3.63, 3.8) is 0 Å². The summed E-state index contributed by atoms with van der Waals surface area (Å²) in [6, 6.07) is 0. The topological polar surface area (TPSA) is 26.3 Å². The van der Waals surface area contributed by atoms with Gasteiger partial charge in [-0.3, -0.25) is 4.79 Å². The van der Waals surface area contributed by atoms with Gasteiger partial charge in [-0.15, -0.1) is 11.6 Å². The van der Waals surface area contributed by atoms with E-state index in [1.54, 1.807) is 0 Å². The van der Waals surface area contributed by atoms with Gasteiger partial charge >= 0.3 is 0 Å². The largest absolute Gasteiger partial charge is 0.413 e. The second-order valence-electron chi connectivity index (χ2n) is 6.28. The molecule has 0 amide bonds. The Bertz CT molecular complexity index is 271. The number of alkyl halides is 1. The maximum Gasteiger partial charge on any atom is 0.192 e. The lowest BCUT2D eigenvalue weighted by Crippen LogP contribution is -2.46. The number of halogens is 1. The lowest BCUT2D eigenvalue weighted by Gasteiger charge is -2.40. The van der Waals surface area contributed by atoms with Crippen molar-refractivity contribution in [3.05, 3.63) is 0 Å². The van der Waals surface area contributed by atoms with E-state index in [4.69, 9.17) is 16.0 Å². The molecule has 16 heavy (non-hydrogen) atoms. The Balaban J connectivity index is 2.63. The normalized spacial score (nSPS) is 28.2. The molecule has 94 valence electrons. The predicted octanol–water partition coefficient (Wildman–Crippen LogP) is 3.74. The van der Waals surface area contributed by atoms with Crippen LogP contribution in [0.15, 0.2) is 0 Å². The van der Waals surface area contributed by atoms with E-state index >= 15 is 0 Å². The van der Waals surface area contributed by atoms with Crippen LogP contribution < -0.4 is 0 Å². The van der Waals surface area contributed by atoms with Crippen molar-refractivity contribution in [3.8, 4) is 0 Å². The van der Waals surface area contributed by atoms with Crippen LogP contribution in [0.5, 0.6) is 0 Å². The Morgan fingerprint density at radius 3 is 2.31 bits per heavy atom. The Morgan fingerprint density at radius 2 is 1.88 bits per heavy atom. The van der Waals surface area contributed by atoms with Crippen LogP contribution in [0.1, 0.15) is 40.0 Å². The number of hydrogen-bond donors (Lipinski definition) is 0. The SMILES string of the molecule is CC(C)(C)[Si](C)(C)O[C@@H]1CC(=O)CC(Cl)C1. The third-order valence-corrected chi connectivity index (χ3v) is 8.56. The standard InChI is InChI=1S/C12H23ClO2Si/c1-12(2,3)16(4,5)15-11-7-9(13)6-10(14)8-11/h9,11H,6-8H2,1-5H3/t9?,11-/m0/s1. The van der Waals surface area contributed by atoms with E-state index in [1.807, 2.05) is 0 Å². The molecule has 0 spiro atoms. The highest BCUT2D eigenvalue weighted by Gasteiger charge is 2.40. The monoisotopic (exact) mass is 262 g/mol. The minimum atomic E-state index is -1.76. The van der Waals surface area contributed by atoms with Crippen molar-refractivity contribution in [1.82, 2.24) is 0 Å². The van der Waals surface area contributed by atoms with Gasteiger partial charge in [0.2, 0.25) is 0 Å². The molecule has 0 aliphatic heterocycles. The van der Waals surface area contributed by atoms with Gasteiger partial charge in [0, 0.05) is 18.2 Å². The summed E-state index contributed by atoms with van der Waals surface area (Å²) in [5, 5.41) is 0.158. The minimum absolute atomic E-state index is 0.0315. The van der Waals surface area contributed by atoms with Gasteiger partial charge in [-0.1, -0.05) is 20.8 Å². The third-order valence-electron chi connectivity index (χ3n) is 3.69. The average Bonchev–Trinajstić information content (AvgIpc) is 1.97. The van der Waals surface area contributed by atoms with Crippen LogP contribution in [-0.4, -0.2) is 25.6 Å². The van der Waals surface area contributed by atoms with Gasteiger partial charge in [0.1, 0.15) is 5.78 Å². The van der Waals surface area contributed by atoms with Crippen LogP contribution in [0.2, 0.25) is 18.1 Å². The number of carbonyl (C=O) groups is 1.